The molecule has 0 aliphatic rings. The van der Waals surface area contributed by atoms with E-state index in [1.807, 2.05) is 0 Å². The van der Waals surface area contributed by atoms with Crippen molar-refractivity contribution in [3.8, 4) is 5.69 Å². The van der Waals surface area contributed by atoms with Crippen LogP contribution < -0.4 is 10.9 Å². The molecule has 1 N–H and O–H groups in total. The number of benzene rings is 2. The third kappa shape index (κ3) is 4.07. The van der Waals surface area contributed by atoms with E-state index in [0.717, 1.165) is 16.7 Å². The highest BCUT2D eigenvalue weighted by molar-refractivity contribution is 5.87. The van der Waals surface area contributed by atoms with Gasteiger partial charge in [0.1, 0.15) is 17.7 Å². The lowest BCUT2D eigenvalue weighted by atomic mass is 10.0. The maximum Gasteiger partial charge on any atom is 0.417 e. The molecule has 2 aromatic carbocycles. The molecule has 0 saturated carbocycles. The van der Waals surface area contributed by atoms with Crippen LogP contribution >= 0.6 is 0 Å². The van der Waals surface area contributed by atoms with Crippen molar-refractivity contribution >= 4 is 27.6 Å². The maximum absolute atomic E-state index is 14.1. The molecule has 0 fully saturated rings. The van der Waals surface area contributed by atoms with Crippen LogP contribution in [-0.2, 0) is 6.18 Å². The fourth-order valence-electron chi connectivity index (χ4n) is 4.10. The van der Waals surface area contributed by atoms with E-state index in [0.29, 0.717) is 22.5 Å². The van der Waals surface area contributed by atoms with Gasteiger partial charge in [-0.25, -0.2) is 14.4 Å². The van der Waals surface area contributed by atoms with Gasteiger partial charge in [0, 0.05) is 11.9 Å². The number of nitrogens with zero attached hydrogens (tertiary/aromatic N) is 4. The van der Waals surface area contributed by atoms with Crippen LogP contribution in [0.4, 0.5) is 23.4 Å². The molecule has 0 radical (unpaired) electrons. The van der Waals surface area contributed by atoms with Crippen LogP contribution in [0.15, 0.2) is 78.0 Å². The van der Waals surface area contributed by atoms with Crippen LogP contribution in [-0.4, -0.2) is 19.5 Å². The Bertz CT molecular complexity index is 1630. The standard InChI is InChI=1S/C25H17F4N5O/c1-14(33-23-22-19(31-13-32-23)9-4-10-30-22)20-11-15-5-2-8-18(25(27,28)29)21(15)24(35)34(20)17-7-3-6-16(26)12-17/h2-14H,1H3,(H,31,32,33). The molecule has 0 aliphatic heterocycles. The Balaban J connectivity index is 1.75. The Morgan fingerprint density at radius 2 is 1.77 bits per heavy atom. The second-order valence-electron chi connectivity index (χ2n) is 7.92. The minimum Gasteiger partial charge on any atom is -0.360 e. The zero-order valence-corrected chi connectivity index (χ0v) is 18.2. The molecule has 176 valence electrons. The molecule has 1 atom stereocenters. The number of rotatable bonds is 4. The van der Waals surface area contributed by atoms with Gasteiger partial charge in [-0.3, -0.25) is 14.3 Å². The fourth-order valence-corrected chi connectivity index (χ4v) is 4.10. The number of pyridine rings is 2. The van der Waals surface area contributed by atoms with Gasteiger partial charge in [-0.15, -0.1) is 0 Å². The van der Waals surface area contributed by atoms with Crippen molar-refractivity contribution in [2.75, 3.05) is 5.32 Å². The first-order chi connectivity index (χ1) is 16.7. The lowest BCUT2D eigenvalue weighted by Gasteiger charge is -2.22. The normalized spacial score (nSPS) is 12.7. The number of hydrogen-bond acceptors (Lipinski definition) is 5. The van der Waals surface area contributed by atoms with E-state index < -0.39 is 34.5 Å². The summed E-state index contributed by atoms with van der Waals surface area (Å²) >= 11 is 0. The van der Waals surface area contributed by atoms with Crippen molar-refractivity contribution < 1.29 is 17.6 Å². The molecule has 5 aromatic rings. The van der Waals surface area contributed by atoms with Crippen LogP contribution in [0.3, 0.4) is 0 Å². The number of fused-ring (bicyclic) bond motifs is 2. The number of anilines is 1. The van der Waals surface area contributed by atoms with Crippen LogP contribution in [0.25, 0.3) is 27.5 Å². The van der Waals surface area contributed by atoms with E-state index in [9.17, 15) is 22.4 Å². The number of nitrogens with one attached hydrogen (secondary N) is 1. The van der Waals surface area contributed by atoms with Crippen molar-refractivity contribution in [1.82, 2.24) is 19.5 Å². The van der Waals surface area contributed by atoms with Gasteiger partial charge in [0.15, 0.2) is 5.82 Å². The molecular formula is C25H17F4N5O. The van der Waals surface area contributed by atoms with E-state index >= 15 is 0 Å². The van der Waals surface area contributed by atoms with Gasteiger partial charge in [0.25, 0.3) is 5.56 Å². The van der Waals surface area contributed by atoms with Crippen LogP contribution in [0, 0.1) is 5.82 Å². The quantitative estimate of drug-likeness (QED) is 0.337. The second-order valence-corrected chi connectivity index (χ2v) is 7.92. The first-order valence-corrected chi connectivity index (χ1v) is 10.6. The molecule has 0 saturated heterocycles. The van der Waals surface area contributed by atoms with Crippen molar-refractivity contribution in [3.63, 3.8) is 0 Å². The molecule has 6 nitrogen and oxygen atoms in total. The zero-order valence-electron chi connectivity index (χ0n) is 18.2. The summed E-state index contributed by atoms with van der Waals surface area (Å²) in [5.74, 6) is -0.248. The predicted octanol–water partition coefficient (Wildman–Crippen LogP) is 5.66. The third-order valence-corrected chi connectivity index (χ3v) is 5.64. The molecule has 3 aromatic heterocycles. The number of halogens is 4. The van der Waals surface area contributed by atoms with Gasteiger partial charge in [-0.05, 0) is 54.8 Å². The van der Waals surface area contributed by atoms with E-state index in [1.165, 1.54) is 42.7 Å². The summed E-state index contributed by atoms with van der Waals surface area (Å²) in [6, 6.07) is 13.0. The lowest BCUT2D eigenvalue weighted by Crippen LogP contribution is -2.27. The van der Waals surface area contributed by atoms with E-state index in [4.69, 9.17) is 0 Å². The first kappa shape index (κ1) is 22.5. The summed E-state index contributed by atoms with van der Waals surface area (Å²) in [7, 11) is 0. The third-order valence-electron chi connectivity index (χ3n) is 5.64. The van der Waals surface area contributed by atoms with Crippen LogP contribution in [0.1, 0.15) is 24.2 Å². The number of aromatic nitrogens is 4. The Morgan fingerprint density at radius 3 is 2.54 bits per heavy atom. The zero-order chi connectivity index (χ0) is 24.7. The molecule has 5 rings (SSSR count). The Hall–Kier alpha value is -4.34. The molecular weight excluding hydrogens is 462 g/mol. The summed E-state index contributed by atoms with van der Waals surface area (Å²) in [5.41, 5.74) is -0.466. The van der Waals surface area contributed by atoms with Crippen molar-refractivity contribution in [2.24, 2.45) is 0 Å². The van der Waals surface area contributed by atoms with E-state index in [1.54, 1.807) is 25.3 Å². The minimum atomic E-state index is -4.74. The van der Waals surface area contributed by atoms with Crippen molar-refractivity contribution in [2.45, 2.75) is 19.1 Å². The molecule has 35 heavy (non-hydrogen) atoms. The van der Waals surface area contributed by atoms with Gasteiger partial charge in [-0.2, -0.15) is 13.2 Å². The Morgan fingerprint density at radius 1 is 0.971 bits per heavy atom. The monoisotopic (exact) mass is 479 g/mol. The average molecular weight is 479 g/mol. The molecule has 3 heterocycles. The average Bonchev–Trinajstić information content (AvgIpc) is 2.83. The highest BCUT2D eigenvalue weighted by Crippen LogP contribution is 2.35. The summed E-state index contributed by atoms with van der Waals surface area (Å²) < 4.78 is 56.4. The lowest BCUT2D eigenvalue weighted by molar-refractivity contribution is -0.136. The van der Waals surface area contributed by atoms with Crippen LogP contribution in [0.5, 0.6) is 0 Å². The predicted molar refractivity (Wildman–Crippen MR) is 124 cm³/mol. The summed E-state index contributed by atoms with van der Waals surface area (Å²) in [4.78, 5) is 26.3. The second kappa shape index (κ2) is 8.46. The smallest absolute Gasteiger partial charge is 0.360 e. The van der Waals surface area contributed by atoms with Crippen molar-refractivity contribution in [3.05, 3.63) is 101 Å². The van der Waals surface area contributed by atoms with E-state index in [-0.39, 0.29) is 11.1 Å². The largest absolute Gasteiger partial charge is 0.417 e. The van der Waals surface area contributed by atoms with Gasteiger partial charge < -0.3 is 5.32 Å². The van der Waals surface area contributed by atoms with Crippen LogP contribution in [0.2, 0.25) is 0 Å². The van der Waals surface area contributed by atoms with E-state index in [2.05, 4.69) is 20.3 Å². The number of hydrogen-bond donors (Lipinski definition) is 1. The van der Waals surface area contributed by atoms with Crippen molar-refractivity contribution in [1.29, 1.82) is 0 Å². The summed E-state index contributed by atoms with van der Waals surface area (Å²) in [6.07, 6.45) is -1.80. The Labute approximate surface area is 195 Å². The topological polar surface area (TPSA) is 72.7 Å². The SMILES string of the molecule is CC(Nc1ncnc2cccnc12)c1cc2cccc(C(F)(F)F)c2c(=O)n1-c1cccc(F)c1. The molecule has 10 heteroatoms. The molecule has 0 aliphatic carbocycles. The summed E-state index contributed by atoms with van der Waals surface area (Å²) in [5, 5.41) is 2.80. The first-order valence-electron chi connectivity index (χ1n) is 10.6. The highest BCUT2D eigenvalue weighted by Gasteiger charge is 2.34. The Kier molecular flexibility index (Phi) is 5.43. The molecule has 0 amide bonds. The molecule has 0 spiro atoms. The van der Waals surface area contributed by atoms with Gasteiger partial charge in [0.2, 0.25) is 0 Å². The number of alkyl halides is 3. The van der Waals surface area contributed by atoms with Gasteiger partial charge >= 0.3 is 6.18 Å². The fraction of sp³-hybridized carbons (Fsp3) is 0.120. The highest BCUT2D eigenvalue weighted by atomic mass is 19.4. The molecule has 0 bridgehead atoms. The summed E-state index contributed by atoms with van der Waals surface area (Å²) in [6.45, 7) is 1.72. The minimum absolute atomic E-state index is 0.100. The van der Waals surface area contributed by atoms with Gasteiger partial charge in [0.05, 0.1) is 28.2 Å². The molecule has 1 unspecified atom stereocenters. The van der Waals surface area contributed by atoms with Gasteiger partial charge in [-0.1, -0.05) is 18.2 Å². The maximum atomic E-state index is 14.1.